The van der Waals surface area contributed by atoms with Gasteiger partial charge < -0.3 is 10.1 Å². The first-order chi connectivity index (χ1) is 10.2. The summed E-state index contributed by atoms with van der Waals surface area (Å²) >= 11 is 12.4. The predicted molar refractivity (Wildman–Crippen MR) is 85.2 cm³/mol. The summed E-state index contributed by atoms with van der Waals surface area (Å²) in [5.74, 6) is 0.861. The second kappa shape index (κ2) is 6.26. The highest BCUT2D eigenvalue weighted by Crippen LogP contribution is 2.39. The standard InChI is InChI=1S/C15H17Cl2N3O/c1-21-7-6-20-5-4-15(19-20)18-14-3-2-11-12(14)8-10(16)9-13(11)17/h4-5,8-9,14H,2-3,6-7H2,1H3,(H,18,19)/t14-/m1/s1. The molecule has 1 heterocycles. The normalized spacial score (nSPS) is 17.0. The van der Waals surface area contributed by atoms with Gasteiger partial charge in [-0.15, -0.1) is 0 Å². The molecule has 1 N–H and O–H groups in total. The molecule has 0 amide bonds. The average Bonchev–Trinajstić information content (AvgIpc) is 3.05. The molecule has 0 fully saturated rings. The van der Waals surface area contributed by atoms with Gasteiger partial charge in [0.1, 0.15) is 5.82 Å². The maximum Gasteiger partial charge on any atom is 0.148 e. The number of anilines is 1. The predicted octanol–water partition coefficient (Wildman–Crippen LogP) is 3.94. The van der Waals surface area contributed by atoms with Gasteiger partial charge in [0.05, 0.1) is 19.2 Å². The first-order valence-corrected chi connectivity index (χ1v) is 7.69. The van der Waals surface area contributed by atoms with Crippen molar-refractivity contribution in [1.82, 2.24) is 9.78 Å². The summed E-state index contributed by atoms with van der Waals surface area (Å²) in [6.07, 6.45) is 3.91. The van der Waals surface area contributed by atoms with Crippen LogP contribution in [0, 0.1) is 0 Å². The van der Waals surface area contributed by atoms with Crippen molar-refractivity contribution in [2.45, 2.75) is 25.4 Å². The number of hydrogen-bond acceptors (Lipinski definition) is 3. The summed E-state index contributed by atoms with van der Waals surface area (Å²) in [5, 5.41) is 9.38. The van der Waals surface area contributed by atoms with Gasteiger partial charge in [0.25, 0.3) is 0 Å². The maximum atomic E-state index is 6.26. The van der Waals surface area contributed by atoms with E-state index in [1.54, 1.807) is 7.11 Å². The van der Waals surface area contributed by atoms with E-state index in [0.717, 1.165) is 30.2 Å². The monoisotopic (exact) mass is 325 g/mol. The Bertz CT molecular complexity index is 642. The highest BCUT2D eigenvalue weighted by atomic mass is 35.5. The zero-order chi connectivity index (χ0) is 14.8. The molecule has 0 spiro atoms. The Morgan fingerprint density at radius 1 is 1.43 bits per heavy atom. The van der Waals surface area contributed by atoms with Crippen LogP contribution in [0.4, 0.5) is 5.82 Å². The van der Waals surface area contributed by atoms with E-state index >= 15 is 0 Å². The summed E-state index contributed by atoms with van der Waals surface area (Å²) in [4.78, 5) is 0. The Hall–Kier alpha value is -1.23. The second-order valence-corrected chi connectivity index (χ2v) is 5.99. The van der Waals surface area contributed by atoms with Crippen LogP contribution in [0.1, 0.15) is 23.6 Å². The zero-order valence-electron chi connectivity index (χ0n) is 11.8. The van der Waals surface area contributed by atoms with Gasteiger partial charge in [0.2, 0.25) is 0 Å². The molecule has 0 saturated heterocycles. The summed E-state index contributed by atoms with van der Waals surface area (Å²) in [7, 11) is 1.69. The Morgan fingerprint density at radius 2 is 2.29 bits per heavy atom. The fraction of sp³-hybridized carbons (Fsp3) is 0.400. The summed E-state index contributed by atoms with van der Waals surface area (Å²) in [6.45, 7) is 1.40. The molecule has 0 unspecified atom stereocenters. The van der Waals surface area contributed by atoms with Crippen molar-refractivity contribution in [2.24, 2.45) is 0 Å². The van der Waals surface area contributed by atoms with Gasteiger partial charge in [0, 0.05) is 29.4 Å². The Balaban J connectivity index is 1.74. The first-order valence-electron chi connectivity index (χ1n) is 6.94. The summed E-state index contributed by atoms with van der Waals surface area (Å²) < 4.78 is 6.92. The quantitative estimate of drug-likeness (QED) is 0.905. The number of nitrogens with zero attached hydrogens (tertiary/aromatic N) is 2. The number of fused-ring (bicyclic) bond motifs is 1. The van der Waals surface area contributed by atoms with Crippen LogP contribution < -0.4 is 5.32 Å². The van der Waals surface area contributed by atoms with Crippen LogP contribution in [0.3, 0.4) is 0 Å². The second-order valence-electron chi connectivity index (χ2n) is 5.15. The van der Waals surface area contributed by atoms with E-state index in [-0.39, 0.29) is 6.04 Å². The maximum absolute atomic E-state index is 6.26. The van der Waals surface area contributed by atoms with Crippen LogP contribution in [0.15, 0.2) is 24.4 Å². The lowest BCUT2D eigenvalue weighted by Gasteiger charge is -2.14. The van der Waals surface area contributed by atoms with E-state index in [4.69, 9.17) is 27.9 Å². The molecule has 21 heavy (non-hydrogen) atoms. The number of aromatic nitrogens is 2. The van der Waals surface area contributed by atoms with Crippen LogP contribution >= 0.6 is 23.2 Å². The third kappa shape index (κ3) is 3.18. The van der Waals surface area contributed by atoms with E-state index in [0.29, 0.717) is 11.6 Å². The zero-order valence-corrected chi connectivity index (χ0v) is 13.3. The summed E-state index contributed by atoms with van der Waals surface area (Å²) in [5.41, 5.74) is 2.37. The highest BCUT2D eigenvalue weighted by molar-refractivity contribution is 6.35. The van der Waals surface area contributed by atoms with Crippen LogP contribution in [0.25, 0.3) is 0 Å². The number of ether oxygens (including phenoxy) is 1. The Labute approximate surface area is 134 Å². The lowest BCUT2D eigenvalue weighted by molar-refractivity contribution is 0.183. The molecule has 1 aliphatic carbocycles. The molecule has 1 aromatic carbocycles. The SMILES string of the molecule is COCCn1ccc(N[C@@H]2CCc3c(Cl)cc(Cl)cc32)n1. The third-order valence-corrected chi connectivity index (χ3v) is 4.30. The van der Waals surface area contributed by atoms with E-state index < -0.39 is 0 Å². The van der Waals surface area contributed by atoms with E-state index in [1.165, 1.54) is 11.1 Å². The highest BCUT2D eigenvalue weighted by Gasteiger charge is 2.25. The Morgan fingerprint density at radius 3 is 3.10 bits per heavy atom. The van der Waals surface area contributed by atoms with Crippen molar-refractivity contribution in [2.75, 3.05) is 19.0 Å². The minimum atomic E-state index is 0.210. The third-order valence-electron chi connectivity index (χ3n) is 3.74. The van der Waals surface area contributed by atoms with Gasteiger partial charge in [-0.2, -0.15) is 5.10 Å². The van der Waals surface area contributed by atoms with E-state index in [1.807, 2.05) is 29.1 Å². The van der Waals surface area contributed by atoms with Crippen molar-refractivity contribution in [3.05, 3.63) is 45.6 Å². The van der Waals surface area contributed by atoms with Gasteiger partial charge in [-0.25, -0.2) is 0 Å². The van der Waals surface area contributed by atoms with Crippen LogP contribution in [-0.4, -0.2) is 23.5 Å². The molecule has 112 valence electrons. The smallest absolute Gasteiger partial charge is 0.148 e. The largest absolute Gasteiger partial charge is 0.383 e. The molecule has 6 heteroatoms. The van der Waals surface area contributed by atoms with Gasteiger partial charge >= 0.3 is 0 Å². The fourth-order valence-electron chi connectivity index (χ4n) is 2.72. The molecular formula is C15H17Cl2N3O. The average molecular weight is 326 g/mol. The lowest BCUT2D eigenvalue weighted by Crippen LogP contribution is -2.09. The molecule has 1 aliphatic rings. The van der Waals surface area contributed by atoms with Gasteiger partial charge in [0.15, 0.2) is 0 Å². The molecule has 3 rings (SSSR count). The number of methoxy groups -OCH3 is 1. The fourth-order valence-corrected chi connectivity index (χ4v) is 3.32. The molecule has 0 bridgehead atoms. The molecule has 0 radical (unpaired) electrons. The summed E-state index contributed by atoms with van der Waals surface area (Å²) in [6, 6.07) is 5.99. The number of nitrogens with one attached hydrogen (secondary N) is 1. The minimum Gasteiger partial charge on any atom is -0.383 e. The number of rotatable bonds is 5. The van der Waals surface area contributed by atoms with Crippen molar-refractivity contribution in [1.29, 1.82) is 0 Å². The molecule has 4 nitrogen and oxygen atoms in total. The number of halogens is 2. The van der Waals surface area contributed by atoms with Crippen LogP contribution in [-0.2, 0) is 17.7 Å². The van der Waals surface area contributed by atoms with Crippen molar-refractivity contribution in [3.63, 3.8) is 0 Å². The molecule has 2 aromatic rings. The van der Waals surface area contributed by atoms with Crippen LogP contribution in [0.5, 0.6) is 0 Å². The van der Waals surface area contributed by atoms with Gasteiger partial charge in [-0.3, -0.25) is 4.68 Å². The van der Waals surface area contributed by atoms with Crippen LogP contribution in [0.2, 0.25) is 10.0 Å². The first kappa shape index (κ1) is 14.7. The molecule has 0 aliphatic heterocycles. The number of hydrogen-bond donors (Lipinski definition) is 1. The van der Waals surface area contributed by atoms with Crippen molar-refractivity contribution >= 4 is 29.0 Å². The van der Waals surface area contributed by atoms with E-state index in [2.05, 4.69) is 10.4 Å². The van der Waals surface area contributed by atoms with Gasteiger partial charge in [-0.1, -0.05) is 23.2 Å². The van der Waals surface area contributed by atoms with E-state index in [9.17, 15) is 0 Å². The van der Waals surface area contributed by atoms with Gasteiger partial charge in [-0.05, 0) is 36.1 Å². The molecule has 1 atom stereocenters. The molecule has 1 aromatic heterocycles. The van der Waals surface area contributed by atoms with Crippen molar-refractivity contribution in [3.8, 4) is 0 Å². The molecule has 0 saturated carbocycles. The van der Waals surface area contributed by atoms with Crippen molar-refractivity contribution < 1.29 is 4.74 Å². The minimum absolute atomic E-state index is 0.210. The topological polar surface area (TPSA) is 39.1 Å². The Kier molecular flexibility index (Phi) is 4.38. The lowest BCUT2D eigenvalue weighted by atomic mass is 10.1. The molecular weight excluding hydrogens is 309 g/mol. The number of benzene rings is 1.